The van der Waals surface area contributed by atoms with Crippen LogP contribution in [0, 0.1) is 11.3 Å². The third kappa shape index (κ3) is 3.95. The molecule has 0 bridgehead atoms. The van der Waals surface area contributed by atoms with Crippen molar-refractivity contribution in [1.82, 2.24) is 9.78 Å². The molecular formula is C25H19N3O. The van der Waals surface area contributed by atoms with E-state index in [4.69, 9.17) is 9.84 Å². The Bertz CT molecular complexity index is 1170. The SMILES string of the molecule is COc1ccc(-c2nn(-c3ccccc3)cc2/C=C(\C#N)c2ccccc2)cc1. The van der Waals surface area contributed by atoms with Gasteiger partial charge in [0.2, 0.25) is 0 Å². The molecule has 0 spiro atoms. The number of rotatable bonds is 5. The zero-order valence-electron chi connectivity index (χ0n) is 16.0. The van der Waals surface area contributed by atoms with Crippen LogP contribution in [-0.4, -0.2) is 16.9 Å². The van der Waals surface area contributed by atoms with Crippen LogP contribution in [0.5, 0.6) is 5.75 Å². The molecule has 0 unspecified atom stereocenters. The van der Waals surface area contributed by atoms with Crippen LogP contribution >= 0.6 is 0 Å². The van der Waals surface area contributed by atoms with E-state index >= 15 is 0 Å². The average Bonchev–Trinajstić information content (AvgIpc) is 3.22. The Morgan fingerprint density at radius 3 is 2.21 bits per heavy atom. The van der Waals surface area contributed by atoms with E-state index in [0.717, 1.165) is 33.8 Å². The normalized spacial score (nSPS) is 11.1. The van der Waals surface area contributed by atoms with Crippen molar-refractivity contribution in [3.63, 3.8) is 0 Å². The lowest BCUT2D eigenvalue weighted by Gasteiger charge is -2.03. The molecule has 4 heteroatoms. The Morgan fingerprint density at radius 2 is 1.59 bits per heavy atom. The van der Waals surface area contributed by atoms with Gasteiger partial charge in [0.05, 0.1) is 30.1 Å². The number of para-hydroxylation sites is 1. The molecular weight excluding hydrogens is 358 g/mol. The van der Waals surface area contributed by atoms with Crippen LogP contribution in [0.25, 0.3) is 28.6 Å². The Labute approximate surface area is 169 Å². The van der Waals surface area contributed by atoms with Crippen LogP contribution in [0.1, 0.15) is 11.1 Å². The summed E-state index contributed by atoms with van der Waals surface area (Å²) in [6.07, 6.45) is 3.84. The molecule has 140 valence electrons. The zero-order valence-corrected chi connectivity index (χ0v) is 16.0. The minimum absolute atomic E-state index is 0.591. The van der Waals surface area contributed by atoms with Crippen molar-refractivity contribution in [2.75, 3.05) is 7.11 Å². The second-order valence-corrected chi connectivity index (χ2v) is 6.48. The van der Waals surface area contributed by atoms with Gasteiger partial charge in [-0.25, -0.2) is 4.68 Å². The molecule has 0 aliphatic heterocycles. The molecule has 4 nitrogen and oxygen atoms in total. The summed E-state index contributed by atoms with van der Waals surface area (Å²) in [5.74, 6) is 0.787. The number of ether oxygens (including phenoxy) is 1. The highest BCUT2D eigenvalue weighted by Gasteiger charge is 2.13. The molecule has 3 aromatic carbocycles. The topological polar surface area (TPSA) is 50.8 Å². The predicted molar refractivity (Wildman–Crippen MR) is 115 cm³/mol. The summed E-state index contributed by atoms with van der Waals surface area (Å²) in [6, 6.07) is 29.7. The second-order valence-electron chi connectivity index (χ2n) is 6.48. The Morgan fingerprint density at radius 1 is 0.931 bits per heavy atom. The van der Waals surface area contributed by atoms with Crippen molar-refractivity contribution in [1.29, 1.82) is 5.26 Å². The number of benzene rings is 3. The highest BCUT2D eigenvalue weighted by Crippen LogP contribution is 2.29. The molecule has 0 saturated heterocycles. The summed E-state index contributed by atoms with van der Waals surface area (Å²) in [6.45, 7) is 0. The van der Waals surface area contributed by atoms with Crippen LogP contribution < -0.4 is 4.74 Å². The lowest BCUT2D eigenvalue weighted by atomic mass is 10.0. The van der Waals surface area contributed by atoms with Gasteiger partial charge in [-0.3, -0.25) is 0 Å². The van der Waals surface area contributed by atoms with Gasteiger partial charge in [0.25, 0.3) is 0 Å². The van der Waals surface area contributed by atoms with Crippen LogP contribution in [0.2, 0.25) is 0 Å². The molecule has 1 heterocycles. The Hall–Kier alpha value is -4.10. The van der Waals surface area contributed by atoms with Gasteiger partial charge in [0.15, 0.2) is 0 Å². The van der Waals surface area contributed by atoms with E-state index in [9.17, 15) is 5.26 Å². The molecule has 0 saturated carbocycles. The van der Waals surface area contributed by atoms with Crippen molar-refractivity contribution < 1.29 is 4.74 Å². The molecule has 0 amide bonds. The molecule has 0 aliphatic rings. The van der Waals surface area contributed by atoms with E-state index in [0.29, 0.717) is 5.57 Å². The maximum Gasteiger partial charge on any atom is 0.118 e. The monoisotopic (exact) mass is 377 g/mol. The van der Waals surface area contributed by atoms with Crippen LogP contribution in [0.15, 0.2) is 91.1 Å². The predicted octanol–water partition coefficient (Wildman–Crippen LogP) is 5.61. The average molecular weight is 377 g/mol. The smallest absolute Gasteiger partial charge is 0.118 e. The van der Waals surface area contributed by atoms with Crippen molar-refractivity contribution in [2.45, 2.75) is 0 Å². The van der Waals surface area contributed by atoms with Gasteiger partial charge < -0.3 is 4.74 Å². The third-order valence-electron chi connectivity index (χ3n) is 4.63. The summed E-state index contributed by atoms with van der Waals surface area (Å²) in [5.41, 5.74) is 5.06. The molecule has 0 atom stereocenters. The van der Waals surface area contributed by atoms with Gasteiger partial charge >= 0.3 is 0 Å². The van der Waals surface area contributed by atoms with Gasteiger partial charge in [-0.15, -0.1) is 0 Å². The number of nitriles is 1. The summed E-state index contributed by atoms with van der Waals surface area (Å²) in [5, 5.41) is 14.5. The van der Waals surface area contributed by atoms with E-state index in [1.54, 1.807) is 7.11 Å². The fourth-order valence-electron chi connectivity index (χ4n) is 3.13. The number of nitrogens with zero attached hydrogens (tertiary/aromatic N) is 3. The van der Waals surface area contributed by atoms with Crippen molar-refractivity contribution >= 4 is 11.6 Å². The van der Waals surface area contributed by atoms with Crippen molar-refractivity contribution in [3.8, 4) is 28.8 Å². The zero-order chi connectivity index (χ0) is 20.1. The number of aromatic nitrogens is 2. The van der Waals surface area contributed by atoms with E-state index in [1.165, 1.54) is 0 Å². The van der Waals surface area contributed by atoms with E-state index in [-0.39, 0.29) is 0 Å². The third-order valence-corrected chi connectivity index (χ3v) is 4.63. The second kappa shape index (κ2) is 8.28. The standard InChI is InChI=1S/C25H19N3O/c1-29-24-14-12-20(13-15-24)25-22(16-21(17-26)19-8-4-2-5-9-19)18-28(27-25)23-10-6-3-7-11-23/h2-16,18H,1H3/b21-16+. The van der Waals surface area contributed by atoms with Crippen molar-refractivity contribution in [3.05, 3.63) is 102 Å². The first kappa shape index (κ1) is 18.3. The molecule has 1 aromatic heterocycles. The summed E-state index contributed by atoms with van der Waals surface area (Å²) in [4.78, 5) is 0. The molecule has 4 rings (SSSR count). The number of methoxy groups -OCH3 is 1. The summed E-state index contributed by atoms with van der Waals surface area (Å²) in [7, 11) is 1.65. The first-order chi connectivity index (χ1) is 14.3. The van der Waals surface area contributed by atoms with Crippen LogP contribution in [0.3, 0.4) is 0 Å². The fraction of sp³-hybridized carbons (Fsp3) is 0.0400. The largest absolute Gasteiger partial charge is 0.497 e. The molecule has 4 aromatic rings. The highest BCUT2D eigenvalue weighted by molar-refractivity contribution is 5.92. The summed E-state index contributed by atoms with van der Waals surface area (Å²) >= 11 is 0. The maximum absolute atomic E-state index is 9.73. The lowest BCUT2D eigenvalue weighted by molar-refractivity contribution is 0.415. The minimum Gasteiger partial charge on any atom is -0.497 e. The van der Waals surface area contributed by atoms with Crippen molar-refractivity contribution in [2.24, 2.45) is 0 Å². The van der Waals surface area contributed by atoms with Crippen LogP contribution in [-0.2, 0) is 0 Å². The Kier molecular flexibility index (Phi) is 5.22. The maximum atomic E-state index is 9.73. The number of hydrogen-bond donors (Lipinski definition) is 0. The van der Waals surface area contributed by atoms with Gasteiger partial charge in [-0.1, -0.05) is 48.5 Å². The van der Waals surface area contributed by atoms with E-state index in [2.05, 4.69) is 6.07 Å². The number of hydrogen-bond acceptors (Lipinski definition) is 3. The van der Waals surface area contributed by atoms with Gasteiger partial charge in [-0.05, 0) is 48.0 Å². The minimum atomic E-state index is 0.591. The molecule has 0 radical (unpaired) electrons. The Balaban J connectivity index is 1.86. The summed E-state index contributed by atoms with van der Waals surface area (Å²) < 4.78 is 7.11. The fourth-order valence-corrected chi connectivity index (χ4v) is 3.13. The molecule has 0 N–H and O–H groups in total. The quantitative estimate of drug-likeness (QED) is 0.425. The van der Waals surface area contributed by atoms with E-state index in [1.807, 2.05) is 102 Å². The van der Waals surface area contributed by atoms with Gasteiger partial charge in [-0.2, -0.15) is 10.4 Å². The van der Waals surface area contributed by atoms with Gasteiger partial charge in [0.1, 0.15) is 5.75 Å². The number of allylic oxidation sites excluding steroid dienone is 1. The molecule has 0 fully saturated rings. The first-order valence-corrected chi connectivity index (χ1v) is 9.25. The highest BCUT2D eigenvalue weighted by atomic mass is 16.5. The van der Waals surface area contributed by atoms with E-state index < -0.39 is 0 Å². The lowest BCUT2D eigenvalue weighted by Crippen LogP contribution is -1.94. The van der Waals surface area contributed by atoms with Gasteiger partial charge in [0, 0.05) is 17.3 Å². The first-order valence-electron chi connectivity index (χ1n) is 9.25. The molecule has 29 heavy (non-hydrogen) atoms. The molecule has 0 aliphatic carbocycles. The van der Waals surface area contributed by atoms with Crippen LogP contribution in [0.4, 0.5) is 0 Å².